The van der Waals surface area contributed by atoms with Gasteiger partial charge in [0.05, 0.1) is 17.1 Å². The minimum atomic E-state index is -1.35. The third-order valence-electron chi connectivity index (χ3n) is 4.14. The zero-order valence-electron chi connectivity index (χ0n) is 14.2. The summed E-state index contributed by atoms with van der Waals surface area (Å²) >= 11 is 0. The van der Waals surface area contributed by atoms with Crippen LogP contribution in [0.1, 0.15) is 25.8 Å². The predicted octanol–water partition coefficient (Wildman–Crippen LogP) is 4.05. The van der Waals surface area contributed by atoms with E-state index in [-0.39, 0.29) is 10.6 Å². The van der Waals surface area contributed by atoms with Crippen molar-refractivity contribution in [3.05, 3.63) is 39.9 Å². The zero-order valence-corrected chi connectivity index (χ0v) is 15.2. The van der Waals surface area contributed by atoms with Crippen molar-refractivity contribution in [2.75, 3.05) is 19.7 Å². The van der Waals surface area contributed by atoms with Gasteiger partial charge in [-0.1, -0.05) is 39.1 Å². The number of nitro benzene ring substituents is 1. The van der Waals surface area contributed by atoms with Gasteiger partial charge < -0.3 is 9.30 Å². The van der Waals surface area contributed by atoms with Crippen LogP contribution in [0.15, 0.2) is 24.3 Å². The number of nitrogens with zero attached hydrogens (tertiary/aromatic N) is 2. The first-order chi connectivity index (χ1) is 10.4. The lowest BCUT2D eigenvalue weighted by atomic mass is 10.2. The Hall–Kier alpha value is -1.24. The van der Waals surface area contributed by atoms with Gasteiger partial charge in [-0.05, 0) is 31.6 Å². The molecule has 0 spiro atoms. The summed E-state index contributed by atoms with van der Waals surface area (Å²) in [7, 11) is -1.35. The Balaban J connectivity index is 2.39. The second-order valence-electron chi connectivity index (χ2n) is 6.03. The van der Waals surface area contributed by atoms with E-state index in [4.69, 9.17) is 4.74 Å². The quantitative estimate of drug-likeness (QED) is 0.282. The third-order valence-corrected chi connectivity index (χ3v) is 8.06. The summed E-state index contributed by atoms with van der Waals surface area (Å²) in [4.78, 5) is 10.6. The molecule has 0 aliphatic heterocycles. The molecule has 1 rings (SSSR count). The fourth-order valence-electron chi connectivity index (χ4n) is 2.84. The SMILES string of the molecule is CCN(CC)[Si](C)(C)CCCOCc1ccccc1[N+](=O)[O-]. The molecule has 0 bridgehead atoms. The molecule has 0 aliphatic carbocycles. The molecular weight excluding hydrogens is 296 g/mol. The second kappa shape index (κ2) is 9.02. The number of nitro groups is 1. The van der Waals surface area contributed by atoms with Crippen molar-refractivity contribution in [2.24, 2.45) is 0 Å². The van der Waals surface area contributed by atoms with Crippen LogP contribution in [0.5, 0.6) is 0 Å². The first-order valence-corrected chi connectivity index (χ1v) is 11.1. The number of para-hydroxylation sites is 1. The smallest absolute Gasteiger partial charge is 0.274 e. The van der Waals surface area contributed by atoms with Crippen molar-refractivity contribution in [3.8, 4) is 0 Å². The van der Waals surface area contributed by atoms with Crippen molar-refractivity contribution < 1.29 is 9.66 Å². The normalized spacial score (nSPS) is 11.9. The summed E-state index contributed by atoms with van der Waals surface area (Å²) in [5.74, 6) is 0. The highest BCUT2D eigenvalue weighted by Crippen LogP contribution is 2.20. The topological polar surface area (TPSA) is 55.6 Å². The number of benzene rings is 1. The van der Waals surface area contributed by atoms with E-state index in [1.54, 1.807) is 12.1 Å². The lowest BCUT2D eigenvalue weighted by molar-refractivity contribution is -0.385. The van der Waals surface area contributed by atoms with Crippen LogP contribution < -0.4 is 0 Å². The Morgan fingerprint density at radius 1 is 1.23 bits per heavy atom. The Labute approximate surface area is 134 Å². The molecule has 22 heavy (non-hydrogen) atoms. The number of ether oxygens (including phenoxy) is 1. The molecule has 6 heteroatoms. The van der Waals surface area contributed by atoms with Gasteiger partial charge in [-0.15, -0.1) is 0 Å². The van der Waals surface area contributed by atoms with Crippen LogP contribution in [0.4, 0.5) is 5.69 Å². The van der Waals surface area contributed by atoms with E-state index in [0.717, 1.165) is 19.5 Å². The highest BCUT2D eigenvalue weighted by molar-refractivity contribution is 6.74. The van der Waals surface area contributed by atoms with Crippen LogP contribution in [-0.2, 0) is 11.3 Å². The van der Waals surface area contributed by atoms with Crippen LogP contribution in [-0.4, -0.2) is 37.4 Å². The molecule has 0 atom stereocenters. The molecular formula is C16H28N2O3Si. The van der Waals surface area contributed by atoms with E-state index in [9.17, 15) is 10.1 Å². The highest BCUT2D eigenvalue weighted by Gasteiger charge is 2.26. The van der Waals surface area contributed by atoms with E-state index < -0.39 is 8.24 Å². The summed E-state index contributed by atoms with van der Waals surface area (Å²) < 4.78 is 8.23. The molecule has 0 fully saturated rings. The maximum absolute atomic E-state index is 10.9. The molecule has 0 unspecified atom stereocenters. The van der Waals surface area contributed by atoms with Crippen LogP contribution in [0, 0.1) is 10.1 Å². The Kier molecular flexibility index (Phi) is 7.71. The van der Waals surface area contributed by atoms with Crippen LogP contribution in [0.3, 0.4) is 0 Å². The summed E-state index contributed by atoms with van der Waals surface area (Å²) in [5, 5.41) is 10.9. The lowest BCUT2D eigenvalue weighted by Crippen LogP contribution is -2.48. The largest absolute Gasteiger partial charge is 0.377 e. The van der Waals surface area contributed by atoms with Gasteiger partial charge in [0.1, 0.15) is 8.24 Å². The van der Waals surface area contributed by atoms with E-state index in [2.05, 4.69) is 31.5 Å². The maximum Gasteiger partial charge on any atom is 0.274 e. The predicted molar refractivity (Wildman–Crippen MR) is 92.6 cm³/mol. The van der Waals surface area contributed by atoms with Crippen molar-refractivity contribution in [3.63, 3.8) is 0 Å². The van der Waals surface area contributed by atoms with Crippen molar-refractivity contribution in [2.45, 2.75) is 46.0 Å². The van der Waals surface area contributed by atoms with Gasteiger partial charge >= 0.3 is 0 Å². The van der Waals surface area contributed by atoms with Crippen LogP contribution in [0.2, 0.25) is 19.1 Å². The molecule has 0 saturated heterocycles. The molecule has 0 amide bonds. The van der Waals surface area contributed by atoms with Crippen LogP contribution in [0.25, 0.3) is 0 Å². The van der Waals surface area contributed by atoms with E-state index in [0.29, 0.717) is 18.8 Å². The number of rotatable bonds is 10. The molecule has 124 valence electrons. The molecule has 0 N–H and O–H groups in total. The van der Waals surface area contributed by atoms with Crippen LogP contribution >= 0.6 is 0 Å². The Morgan fingerprint density at radius 2 is 1.86 bits per heavy atom. The van der Waals surface area contributed by atoms with E-state index in [1.165, 1.54) is 12.1 Å². The van der Waals surface area contributed by atoms with Gasteiger partial charge in [0.25, 0.3) is 5.69 Å². The molecule has 0 aliphatic rings. The maximum atomic E-state index is 10.9. The fraction of sp³-hybridized carbons (Fsp3) is 0.625. The monoisotopic (exact) mass is 324 g/mol. The standard InChI is InChI=1S/C16H28N2O3Si/c1-5-17(6-2)22(3,4)13-9-12-21-14-15-10-7-8-11-16(15)18(19)20/h7-8,10-11H,5-6,9,12-14H2,1-4H3. The highest BCUT2D eigenvalue weighted by atomic mass is 28.3. The molecule has 1 aromatic rings. The Bertz CT molecular complexity index is 476. The van der Waals surface area contributed by atoms with Gasteiger partial charge in [0.15, 0.2) is 0 Å². The molecule has 0 heterocycles. The van der Waals surface area contributed by atoms with Gasteiger partial charge in [0, 0.05) is 12.7 Å². The van der Waals surface area contributed by atoms with Gasteiger partial charge in [0.2, 0.25) is 0 Å². The molecule has 0 aromatic heterocycles. The minimum Gasteiger partial charge on any atom is -0.377 e. The molecule has 5 nitrogen and oxygen atoms in total. The van der Waals surface area contributed by atoms with Gasteiger partial charge in [-0.3, -0.25) is 10.1 Å². The first-order valence-electron chi connectivity index (χ1n) is 7.97. The first kappa shape index (κ1) is 18.8. The molecule has 0 saturated carbocycles. The number of hydrogen-bond donors (Lipinski definition) is 0. The van der Waals surface area contributed by atoms with Crippen molar-refractivity contribution >= 4 is 13.9 Å². The summed E-state index contributed by atoms with van der Waals surface area (Å²) in [6.07, 6.45) is 1.01. The van der Waals surface area contributed by atoms with Gasteiger partial charge in [-0.25, -0.2) is 0 Å². The average molecular weight is 324 g/mol. The number of hydrogen-bond acceptors (Lipinski definition) is 4. The van der Waals surface area contributed by atoms with Crippen molar-refractivity contribution in [1.82, 2.24) is 4.57 Å². The third kappa shape index (κ3) is 5.51. The summed E-state index contributed by atoms with van der Waals surface area (Å²) in [6.45, 7) is 12.4. The lowest BCUT2D eigenvalue weighted by Gasteiger charge is -2.35. The summed E-state index contributed by atoms with van der Waals surface area (Å²) in [6, 6.07) is 7.95. The fourth-order valence-corrected chi connectivity index (χ4v) is 5.88. The zero-order chi connectivity index (χ0) is 16.6. The second-order valence-corrected chi connectivity index (χ2v) is 10.8. The minimum absolute atomic E-state index is 0.139. The van der Waals surface area contributed by atoms with Gasteiger partial charge in [-0.2, -0.15) is 0 Å². The average Bonchev–Trinajstić information content (AvgIpc) is 2.48. The van der Waals surface area contributed by atoms with E-state index in [1.807, 2.05) is 6.07 Å². The molecule has 0 radical (unpaired) electrons. The Morgan fingerprint density at radius 3 is 2.45 bits per heavy atom. The van der Waals surface area contributed by atoms with E-state index >= 15 is 0 Å². The molecule has 1 aromatic carbocycles. The van der Waals surface area contributed by atoms with Crippen molar-refractivity contribution in [1.29, 1.82) is 0 Å². The summed E-state index contributed by atoms with van der Waals surface area (Å²) in [5.41, 5.74) is 0.785.